The SMILES string of the molecule is COCCNCCc1nnc(C2CCS(=O)(=O)C2)s1. The monoisotopic (exact) mass is 305 g/mol. The topological polar surface area (TPSA) is 81.2 Å². The molecule has 0 radical (unpaired) electrons. The van der Waals surface area contributed by atoms with Crippen LogP contribution in [0.5, 0.6) is 0 Å². The standard InChI is InChI=1S/C11H19N3O3S2/c1-17-6-5-12-4-2-10-13-14-11(18-10)9-3-7-19(15,16)8-9/h9,12H,2-8H2,1H3. The van der Waals surface area contributed by atoms with E-state index in [1.807, 2.05) is 0 Å². The number of hydrogen-bond donors (Lipinski definition) is 1. The van der Waals surface area contributed by atoms with Crippen LogP contribution in [0.3, 0.4) is 0 Å². The predicted octanol–water partition coefficient (Wildman–Crippen LogP) is 0.219. The molecule has 1 aromatic heterocycles. The third-order valence-electron chi connectivity index (χ3n) is 3.06. The Morgan fingerprint density at radius 2 is 2.26 bits per heavy atom. The third-order valence-corrected chi connectivity index (χ3v) is 5.98. The lowest BCUT2D eigenvalue weighted by molar-refractivity contribution is 0.199. The van der Waals surface area contributed by atoms with Crippen molar-refractivity contribution in [3.63, 3.8) is 0 Å². The molecule has 1 atom stereocenters. The first kappa shape index (κ1) is 14.8. The fourth-order valence-corrected chi connectivity index (χ4v) is 4.85. The molecule has 1 aromatic rings. The Labute approximate surface area is 117 Å². The van der Waals surface area contributed by atoms with Crippen molar-refractivity contribution < 1.29 is 13.2 Å². The summed E-state index contributed by atoms with van der Waals surface area (Å²) in [5.74, 6) is 0.566. The highest BCUT2D eigenvalue weighted by Gasteiger charge is 2.31. The Kier molecular flexibility index (Phi) is 5.26. The second kappa shape index (κ2) is 6.74. The summed E-state index contributed by atoms with van der Waals surface area (Å²) in [6, 6.07) is 0. The molecule has 6 nitrogen and oxygen atoms in total. The van der Waals surface area contributed by atoms with Crippen molar-refractivity contribution in [3.05, 3.63) is 10.0 Å². The summed E-state index contributed by atoms with van der Waals surface area (Å²) in [5.41, 5.74) is 0. The first-order chi connectivity index (χ1) is 9.11. The Balaban J connectivity index is 1.79. The highest BCUT2D eigenvalue weighted by Crippen LogP contribution is 2.30. The molecule has 0 spiro atoms. The molecule has 19 heavy (non-hydrogen) atoms. The van der Waals surface area contributed by atoms with Crippen molar-refractivity contribution >= 4 is 21.2 Å². The molecular formula is C11H19N3O3S2. The van der Waals surface area contributed by atoms with Crippen LogP contribution in [0.15, 0.2) is 0 Å². The molecule has 108 valence electrons. The first-order valence-electron chi connectivity index (χ1n) is 6.33. The van der Waals surface area contributed by atoms with E-state index in [-0.39, 0.29) is 17.4 Å². The number of nitrogens with zero attached hydrogens (tertiary/aromatic N) is 2. The van der Waals surface area contributed by atoms with Gasteiger partial charge >= 0.3 is 0 Å². The Hall–Kier alpha value is -0.570. The lowest BCUT2D eigenvalue weighted by atomic mass is 10.1. The first-order valence-corrected chi connectivity index (χ1v) is 8.97. The van der Waals surface area contributed by atoms with Crippen LogP contribution >= 0.6 is 11.3 Å². The zero-order chi connectivity index (χ0) is 13.7. The van der Waals surface area contributed by atoms with Gasteiger partial charge in [0.25, 0.3) is 0 Å². The Bertz CT molecular complexity index is 501. The van der Waals surface area contributed by atoms with E-state index in [0.29, 0.717) is 13.0 Å². The van der Waals surface area contributed by atoms with Gasteiger partial charge in [0.2, 0.25) is 0 Å². The van der Waals surface area contributed by atoms with Crippen LogP contribution < -0.4 is 5.32 Å². The van der Waals surface area contributed by atoms with Crippen molar-refractivity contribution in [2.24, 2.45) is 0 Å². The average Bonchev–Trinajstić information content (AvgIpc) is 2.95. The van der Waals surface area contributed by atoms with E-state index in [9.17, 15) is 8.42 Å². The van der Waals surface area contributed by atoms with Crippen molar-refractivity contribution in [3.8, 4) is 0 Å². The normalized spacial score (nSPS) is 21.8. The minimum absolute atomic E-state index is 0.0534. The van der Waals surface area contributed by atoms with Crippen LogP contribution in [0, 0.1) is 0 Å². The number of methoxy groups -OCH3 is 1. The van der Waals surface area contributed by atoms with Crippen LogP contribution in [-0.4, -0.2) is 56.9 Å². The number of hydrogen-bond acceptors (Lipinski definition) is 7. The van der Waals surface area contributed by atoms with Gasteiger partial charge in [-0.1, -0.05) is 0 Å². The minimum atomic E-state index is -2.85. The van der Waals surface area contributed by atoms with Gasteiger partial charge in [-0.2, -0.15) is 0 Å². The molecule has 0 aliphatic carbocycles. The molecule has 1 saturated heterocycles. The van der Waals surface area contributed by atoms with Gasteiger partial charge in [-0.05, 0) is 6.42 Å². The third kappa shape index (κ3) is 4.48. The van der Waals surface area contributed by atoms with Gasteiger partial charge in [0, 0.05) is 32.5 Å². The maximum Gasteiger partial charge on any atom is 0.151 e. The number of nitrogens with one attached hydrogen (secondary N) is 1. The summed E-state index contributed by atoms with van der Waals surface area (Å²) in [6.07, 6.45) is 1.50. The molecule has 2 rings (SSSR count). The summed E-state index contributed by atoms with van der Waals surface area (Å²) >= 11 is 1.54. The molecule has 0 aromatic carbocycles. The smallest absolute Gasteiger partial charge is 0.151 e. The molecule has 8 heteroatoms. The van der Waals surface area contributed by atoms with Gasteiger partial charge in [-0.15, -0.1) is 21.5 Å². The second-order valence-corrected chi connectivity index (χ2v) is 7.95. The van der Waals surface area contributed by atoms with Crippen molar-refractivity contribution in [2.45, 2.75) is 18.8 Å². The van der Waals surface area contributed by atoms with Crippen LogP contribution in [0.1, 0.15) is 22.4 Å². The lowest BCUT2D eigenvalue weighted by Crippen LogP contribution is -2.21. The minimum Gasteiger partial charge on any atom is -0.383 e. The molecular weight excluding hydrogens is 286 g/mol. The fraction of sp³-hybridized carbons (Fsp3) is 0.818. The van der Waals surface area contributed by atoms with E-state index in [4.69, 9.17) is 4.74 Å². The number of aromatic nitrogens is 2. The number of rotatable bonds is 7. The molecule has 0 bridgehead atoms. The van der Waals surface area contributed by atoms with Gasteiger partial charge in [0.05, 0.1) is 18.1 Å². The second-order valence-electron chi connectivity index (χ2n) is 4.63. The summed E-state index contributed by atoms with van der Waals surface area (Å²) < 4.78 is 27.8. The van der Waals surface area contributed by atoms with E-state index in [0.717, 1.165) is 29.5 Å². The maximum atomic E-state index is 11.4. The van der Waals surface area contributed by atoms with E-state index in [1.54, 1.807) is 7.11 Å². The van der Waals surface area contributed by atoms with Crippen LogP contribution in [0.25, 0.3) is 0 Å². The van der Waals surface area contributed by atoms with E-state index < -0.39 is 9.84 Å². The molecule has 1 N–H and O–H groups in total. The van der Waals surface area contributed by atoms with Gasteiger partial charge in [0.15, 0.2) is 9.84 Å². The number of sulfone groups is 1. The van der Waals surface area contributed by atoms with E-state index in [2.05, 4.69) is 15.5 Å². The Morgan fingerprint density at radius 3 is 2.95 bits per heavy atom. The highest BCUT2D eigenvalue weighted by atomic mass is 32.2. The average molecular weight is 305 g/mol. The van der Waals surface area contributed by atoms with Crippen LogP contribution in [0.2, 0.25) is 0 Å². The summed E-state index contributed by atoms with van der Waals surface area (Å²) in [4.78, 5) is 0. The summed E-state index contributed by atoms with van der Waals surface area (Å²) in [7, 11) is -1.17. The zero-order valence-corrected chi connectivity index (χ0v) is 12.6. The van der Waals surface area contributed by atoms with Gasteiger partial charge < -0.3 is 10.1 Å². The van der Waals surface area contributed by atoms with Crippen molar-refractivity contribution in [1.82, 2.24) is 15.5 Å². The predicted molar refractivity (Wildman–Crippen MR) is 74.4 cm³/mol. The molecule has 0 saturated carbocycles. The molecule has 1 aliphatic rings. The van der Waals surface area contributed by atoms with E-state index in [1.165, 1.54) is 11.3 Å². The van der Waals surface area contributed by atoms with Gasteiger partial charge in [-0.25, -0.2) is 8.42 Å². The lowest BCUT2D eigenvalue weighted by Gasteiger charge is -2.01. The fourth-order valence-electron chi connectivity index (χ4n) is 2.02. The number of ether oxygens (including phenoxy) is 1. The Morgan fingerprint density at radius 1 is 1.42 bits per heavy atom. The maximum absolute atomic E-state index is 11.4. The quantitative estimate of drug-likeness (QED) is 0.726. The van der Waals surface area contributed by atoms with Crippen LogP contribution in [-0.2, 0) is 21.0 Å². The van der Waals surface area contributed by atoms with Crippen molar-refractivity contribution in [2.75, 3.05) is 38.3 Å². The molecule has 1 aliphatic heterocycles. The summed E-state index contributed by atoms with van der Waals surface area (Å²) in [5, 5.41) is 13.3. The molecule has 0 amide bonds. The van der Waals surface area contributed by atoms with Crippen molar-refractivity contribution in [1.29, 1.82) is 0 Å². The zero-order valence-electron chi connectivity index (χ0n) is 11.0. The molecule has 2 heterocycles. The van der Waals surface area contributed by atoms with Crippen LogP contribution in [0.4, 0.5) is 0 Å². The van der Waals surface area contributed by atoms with Gasteiger partial charge in [-0.3, -0.25) is 0 Å². The summed E-state index contributed by atoms with van der Waals surface area (Å²) in [6.45, 7) is 2.35. The largest absolute Gasteiger partial charge is 0.383 e. The highest BCUT2D eigenvalue weighted by molar-refractivity contribution is 7.91. The van der Waals surface area contributed by atoms with E-state index >= 15 is 0 Å². The molecule has 1 unspecified atom stereocenters. The van der Waals surface area contributed by atoms with Gasteiger partial charge in [0.1, 0.15) is 10.0 Å². The molecule has 1 fully saturated rings.